The molecule has 84 valence electrons. The van der Waals surface area contributed by atoms with Crippen molar-refractivity contribution in [3.05, 3.63) is 58.0 Å². The molecule has 0 bridgehead atoms. The van der Waals surface area contributed by atoms with Gasteiger partial charge in [0, 0.05) is 10.0 Å². The zero-order valence-electron chi connectivity index (χ0n) is 8.91. The molecule has 0 aliphatic rings. The van der Waals surface area contributed by atoms with Crippen LogP contribution in [0, 0.1) is 6.92 Å². The molecule has 4 heteroatoms. The van der Waals surface area contributed by atoms with Crippen LogP contribution in [0.2, 0.25) is 0 Å². The van der Waals surface area contributed by atoms with Gasteiger partial charge in [-0.25, -0.2) is 5.43 Å². The molecule has 0 saturated heterocycles. The molecule has 1 heterocycles. The largest absolute Gasteiger partial charge is 0.472 e. The van der Waals surface area contributed by atoms with Crippen LogP contribution in [0.25, 0.3) is 0 Å². The minimum atomic E-state index is -0.0620. The third-order valence-electron chi connectivity index (χ3n) is 2.51. The second kappa shape index (κ2) is 4.82. The molecule has 0 amide bonds. The lowest BCUT2D eigenvalue weighted by atomic mass is 10.0. The summed E-state index contributed by atoms with van der Waals surface area (Å²) in [6, 6.07) is 8.01. The lowest BCUT2D eigenvalue weighted by Crippen LogP contribution is -2.28. The van der Waals surface area contributed by atoms with E-state index in [1.807, 2.05) is 12.1 Å². The average Bonchev–Trinajstić information content (AvgIpc) is 2.78. The number of hydrazine groups is 1. The Hall–Kier alpha value is -1.10. The molecule has 0 fully saturated rings. The van der Waals surface area contributed by atoms with Gasteiger partial charge in [-0.3, -0.25) is 5.84 Å². The van der Waals surface area contributed by atoms with E-state index in [2.05, 4.69) is 40.4 Å². The van der Waals surface area contributed by atoms with E-state index in [4.69, 9.17) is 10.3 Å². The van der Waals surface area contributed by atoms with Crippen LogP contribution in [0.4, 0.5) is 0 Å². The third kappa shape index (κ3) is 2.19. The smallest absolute Gasteiger partial charge is 0.0954 e. The molecule has 2 aromatic rings. The van der Waals surface area contributed by atoms with Crippen molar-refractivity contribution in [2.45, 2.75) is 13.0 Å². The summed E-state index contributed by atoms with van der Waals surface area (Å²) in [4.78, 5) is 0. The standard InChI is InChI=1S/C12H13BrN2O/c1-8-2-3-11(13)10(6-8)12(15-14)9-4-5-16-7-9/h2-7,12,15H,14H2,1H3. The third-order valence-corrected chi connectivity index (χ3v) is 3.23. The Labute approximate surface area is 103 Å². The van der Waals surface area contributed by atoms with Crippen LogP contribution in [-0.4, -0.2) is 0 Å². The highest BCUT2D eigenvalue weighted by atomic mass is 79.9. The van der Waals surface area contributed by atoms with Crippen molar-refractivity contribution >= 4 is 15.9 Å². The van der Waals surface area contributed by atoms with Crippen LogP contribution >= 0.6 is 15.9 Å². The highest BCUT2D eigenvalue weighted by Crippen LogP contribution is 2.29. The molecule has 3 nitrogen and oxygen atoms in total. The number of halogens is 1. The van der Waals surface area contributed by atoms with Gasteiger partial charge < -0.3 is 4.42 Å². The molecule has 1 atom stereocenters. The maximum absolute atomic E-state index is 5.60. The van der Waals surface area contributed by atoms with Gasteiger partial charge in [-0.05, 0) is 24.6 Å². The summed E-state index contributed by atoms with van der Waals surface area (Å²) in [5, 5.41) is 0. The molecule has 0 saturated carbocycles. The van der Waals surface area contributed by atoms with Crippen LogP contribution in [0.1, 0.15) is 22.7 Å². The summed E-state index contributed by atoms with van der Waals surface area (Å²) in [6.07, 6.45) is 3.34. The normalized spacial score (nSPS) is 12.7. The van der Waals surface area contributed by atoms with Crippen molar-refractivity contribution in [2.75, 3.05) is 0 Å². The van der Waals surface area contributed by atoms with Crippen molar-refractivity contribution in [2.24, 2.45) is 5.84 Å². The number of rotatable bonds is 3. The van der Waals surface area contributed by atoms with Gasteiger partial charge in [-0.15, -0.1) is 0 Å². The van der Waals surface area contributed by atoms with Crippen LogP contribution in [-0.2, 0) is 0 Å². The van der Waals surface area contributed by atoms with E-state index in [0.717, 1.165) is 15.6 Å². The molecule has 0 radical (unpaired) electrons. The molecular weight excluding hydrogens is 268 g/mol. The van der Waals surface area contributed by atoms with Crippen LogP contribution in [0.5, 0.6) is 0 Å². The highest BCUT2D eigenvalue weighted by Gasteiger charge is 2.16. The summed E-state index contributed by atoms with van der Waals surface area (Å²) in [5.74, 6) is 5.60. The van der Waals surface area contributed by atoms with Crippen molar-refractivity contribution in [1.29, 1.82) is 0 Å². The highest BCUT2D eigenvalue weighted by molar-refractivity contribution is 9.10. The van der Waals surface area contributed by atoms with Crippen LogP contribution in [0.3, 0.4) is 0 Å². The van der Waals surface area contributed by atoms with E-state index < -0.39 is 0 Å². The second-order valence-electron chi connectivity index (χ2n) is 3.68. The Kier molecular flexibility index (Phi) is 3.43. The number of nitrogens with one attached hydrogen (secondary N) is 1. The first-order valence-corrected chi connectivity index (χ1v) is 5.76. The van der Waals surface area contributed by atoms with Gasteiger partial charge in [-0.1, -0.05) is 33.6 Å². The summed E-state index contributed by atoms with van der Waals surface area (Å²) in [7, 11) is 0. The number of nitrogens with two attached hydrogens (primary N) is 1. The molecule has 1 aromatic carbocycles. The molecule has 0 aliphatic heterocycles. The van der Waals surface area contributed by atoms with E-state index in [0.29, 0.717) is 0 Å². The predicted molar refractivity (Wildman–Crippen MR) is 66.8 cm³/mol. The molecule has 1 aromatic heterocycles. The SMILES string of the molecule is Cc1ccc(Br)c(C(NN)c2ccoc2)c1. The van der Waals surface area contributed by atoms with Gasteiger partial charge in [0.1, 0.15) is 0 Å². The zero-order valence-corrected chi connectivity index (χ0v) is 10.5. The zero-order chi connectivity index (χ0) is 11.5. The summed E-state index contributed by atoms with van der Waals surface area (Å²) >= 11 is 3.53. The quantitative estimate of drug-likeness (QED) is 0.672. The Morgan fingerprint density at radius 2 is 2.19 bits per heavy atom. The molecular formula is C12H13BrN2O. The lowest BCUT2D eigenvalue weighted by molar-refractivity contribution is 0.553. The van der Waals surface area contributed by atoms with Gasteiger partial charge in [0.25, 0.3) is 0 Å². The van der Waals surface area contributed by atoms with Crippen LogP contribution in [0.15, 0.2) is 45.7 Å². The van der Waals surface area contributed by atoms with Gasteiger partial charge in [0.15, 0.2) is 0 Å². The van der Waals surface area contributed by atoms with Gasteiger partial charge >= 0.3 is 0 Å². The first-order valence-electron chi connectivity index (χ1n) is 4.96. The minimum Gasteiger partial charge on any atom is -0.472 e. The Bertz CT molecular complexity index is 468. The molecule has 1 unspecified atom stereocenters. The first-order chi connectivity index (χ1) is 7.72. The van der Waals surface area contributed by atoms with E-state index in [1.165, 1.54) is 5.56 Å². The fraction of sp³-hybridized carbons (Fsp3) is 0.167. The summed E-state index contributed by atoms with van der Waals surface area (Å²) in [6.45, 7) is 2.05. The van der Waals surface area contributed by atoms with Crippen molar-refractivity contribution in [3.8, 4) is 0 Å². The number of furan rings is 1. The van der Waals surface area contributed by atoms with Crippen molar-refractivity contribution in [1.82, 2.24) is 5.43 Å². The predicted octanol–water partition coefficient (Wildman–Crippen LogP) is 2.90. The Morgan fingerprint density at radius 1 is 1.38 bits per heavy atom. The van der Waals surface area contributed by atoms with E-state index in [-0.39, 0.29) is 6.04 Å². The first kappa shape index (κ1) is 11.4. The van der Waals surface area contributed by atoms with Gasteiger partial charge in [0.05, 0.1) is 18.6 Å². The summed E-state index contributed by atoms with van der Waals surface area (Å²) in [5.41, 5.74) is 6.10. The van der Waals surface area contributed by atoms with E-state index in [9.17, 15) is 0 Å². The topological polar surface area (TPSA) is 51.2 Å². The second-order valence-corrected chi connectivity index (χ2v) is 4.54. The Morgan fingerprint density at radius 3 is 2.81 bits per heavy atom. The van der Waals surface area contributed by atoms with Crippen molar-refractivity contribution < 1.29 is 4.42 Å². The van der Waals surface area contributed by atoms with Crippen molar-refractivity contribution in [3.63, 3.8) is 0 Å². The monoisotopic (exact) mass is 280 g/mol. The van der Waals surface area contributed by atoms with Crippen LogP contribution < -0.4 is 11.3 Å². The molecule has 2 rings (SSSR count). The maximum Gasteiger partial charge on any atom is 0.0954 e. The average molecular weight is 281 g/mol. The fourth-order valence-corrected chi connectivity index (χ4v) is 2.16. The minimum absolute atomic E-state index is 0.0620. The molecule has 0 spiro atoms. The Balaban J connectivity index is 2.44. The number of hydrogen-bond acceptors (Lipinski definition) is 3. The number of benzene rings is 1. The number of aryl methyl sites for hydroxylation is 1. The van der Waals surface area contributed by atoms with E-state index in [1.54, 1.807) is 12.5 Å². The van der Waals surface area contributed by atoms with Gasteiger partial charge in [0.2, 0.25) is 0 Å². The molecule has 0 aliphatic carbocycles. The number of hydrogen-bond donors (Lipinski definition) is 2. The van der Waals surface area contributed by atoms with Gasteiger partial charge in [-0.2, -0.15) is 0 Å². The molecule has 16 heavy (non-hydrogen) atoms. The lowest BCUT2D eigenvalue weighted by Gasteiger charge is -2.16. The summed E-state index contributed by atoms with van der Waals surface area (Å²) < 4.78 is 6.11. The maximum atomic E-state index is 5.60. The van der Waals surface area contributed by atoms with E-state index >= 15 is 0 Å². The fourth-order valence-electron chi connectivity index (χ4n) is 1.69. The molecule has 3 N–H and O–H groups in total.